The summed E-state index contributed by atoms with van der Waals surface area (Å²) in [4.78, 5) is 0. The first kappa shape index (κ1) is 6.83. The molecule has 0 bridgehead atoms. The molecule has 0 atom stereocenters. The maximum atomic E-state index is 7.79. The van der Waals surface area contributed by atoms with Crippen LogP contribution in [0.2, 0.25) is 0 Å². The Morgan fingerprint density at radius 2 is 1.21 bits per heavy atom. The molecule has 0 aliphatic carbocycles. The molecule has 0 amide bonds. The van der Waals surface area contributed by atoms with Crippen molar-refractivity contribution >= 4 is 0 Å². The third kappa shape index (κ3) is 1.56. The van der Waals surface area contributed by atoms with Gasteiger partial charge < -0.3 is 0 Å². The number of rotatable bonds is 1. The van der Waals surface area contributed by atoms with Gasteiger partial charge in [0.1, 0.15) is 0 Å². The van der Waals surface area contributed by atoms with Gasteiger partial charge in [-0.15, -0.1) is 0 Å². The molecule has 2 rings (SSSR count). The lowest BCUT2D eigenvalue weighted by Crippen LogP contribution is -1.85. The molecular formula is C14H14. The van der Waals surface area contributed by atoms with Gasteiger partial charge >= 0.3 is 0 Å². The minimum absolute atomic E-state index is 0.548. The topological polar surface area (TPSA) is 0 Å². The van der Waals surface area contributed by atoms with Crippen LogP contribution in [0.5, 0.6) is 0 Å². The molecule has 0 spiro atoms. The smallest absolute Gasteiger partial charge is 0.0620 e. The Bertz CT molecular complexity index is 481. The van der Waals surface area contributed by atoms with Crippen molar-refractivity contribution in [1.29, 1.82) is 0 Å². The van der Waals surface area contributed by atoms with E-state index in [1.165, 1.54) is 0 Å². The average Bonchev–Trinajstić information content (AvgIpc) is 2.27. The molecule has 70 valence electrons. The van der Waals surface area contributed by atoms with Crippen LogP contribution in [0.1, 0.15) is 13.9 Å². The molecule has 0 aliphatic heterocycles. The summed E-state index contributed by atoms with van der Waals surface area (Å²) in [7, 11) is 0. The van der Waals surface area contributed by atoms with Gasteiger partial charge in [-0.25, -0.2) is 0 Å². The molecule has 2 aromatic rings. The van der Waals surface area contributed by atoms with Crippen LogP contribution in [-0.4, -0.2) is 0 Å². The third-order valence-electron chi connectivity index (χ3n) is 2.42. The van der Waals surface area contributed by atoms with Crippen molar-refractivity contribution in [3.8, 4) is 11.1 Å². The highest BCUT2D eigenvalue weighted by Crippen LogP contribution is 2.25. The Kier molecular flexibility index (Phi) is 1.79. The van der Waals surface area contributed by atoms with Crippen LogP contribution in [0.15, 0.2) is 48.5 Å². The highest BCUT2D eigenvalue weighted by Gasteiger charge is 2.02. The second-order valence-electron chi connectivity index (χ2n) is 3.42. The SMILES string of the molecule is [2H]c1cccc(-c2cccc([2H])c2C)c1C. The zero-order chi connectivity index (χ0) is 11.7. The van der Waals surface area contributed by atoms with Gasteiger partial charge in [0.15, 0.2) is 0 Å². The lowest BCUT2D eigenvalue weighted by molar-refractivity contribution is 1.41. The van der Waals surface area contributed by atoms with Crippen LogP contribution >= 0.6 is 0 Å². The van der Waals surface area contributed by atoms with Crippen LogP contribution in [0.25, 0.3) is 11.1 Å². The van der Waals surface area contributed by atoms with Crippen LogP contribution in [-0.2, 0) is 0 Å². The highest BCUT2D eigenvalue weighted by atomic mass is 14.1. The molecule has 0 unspecified atom stereocenters. The van der Waals surface area contributed by atoms with Gasteiger partial charge in [-0.1, -0.05) is 48.5 Å². The van der Waals surface area contributed by atoms with Crippen molar-refractivity contribution in [2.75, 3.05) is 0 Å². The summed E-state index contributed by atoms with van der Waals surface area (Å²) in [5, 5.41) is 0. The molecule has 0 fully saturated rings. The van der Waals surface area contributed by atoms with Gasteiger partial charge in [0.25, 0.3) is 0 Å². The summed E-state index contributed by atoms with van der Waals surface area (Å²) in [6, 6.07) is 12.5. The fraction of sp³-hybridized carbons (Fsp3) is 0.143. The van der Waals surface area contributed by atoms with Crippen molar-refractivity contribution in [2.24, 2.45) is 0 Å². The van der Waals surface area contributed by atoms with Crippen molar-refractivity contribution in [1.82, 2.24) is 0 Å². The van der Waals surface area contributed by atoms with Crippen molar-refractivity contribution in [2.45, 2.75) is 13.8 Å². The van der Waals surface area contributed by atoms with E-state index in [9.17, 15) is 0 Å². The summed E-state index contributed by atoms with van der Waals surface area (Å²) in [6.45, 7) is 3.90. The summed E-state index contributed by atoms with van der Waals surface area (Å²) in [5.74, 6) is 0. The molecule has 0 saturated carbocycles. The van der Waals surface area contributed by atoms with E-state index in [1.807, 2.05) is 38.1 Å². The zero-order valence-electron chi connectivity index (χ0n) is 10.5. The minimum Gasteiger partial charge on any atom is -0.0620 e. The van der Waals surface area contributed by atoms with E-state index in [0.717, 1.165) is 22.3 Å². The van der Waals surface area contributed by atoms with E-state index in [-0.39, 0.29) is 0 Å². The van der Waals surface area contributed by atoms with Crippen molar-refractivity contribution in [3.63, 3.8) is 0 Å². The van der Waals surface area contributed by atoms with Gasteiger partial charge in [-0.05, 0) is 36.1 Å². The molecule has 14 heavy (non-hydrogen) atoms. The molecule has 0 saturated heterocycles. The van der Waals surface area contributed by atoms with Gasteiger partial charge in [0.05, 0.1) is 2.74 Å². The predicted octanol–water partition coefficient (Wildman–Crippen LogP) is 3.97. The number of hydrogen-bond donors (Lipinski definition) is 0. The van der Waals surface area contributed by atoms with Crippen LogP contribution in [0, 0.1) is 13.8 Å². The summed E-state index contributed by atoms with van der Waals surface area (Å²) in [5.41, 5.74) is 4.05. The van der Waals surface area contributed by atoms with Gasteiger partial charge in [-0.2, -0.15) is 0 Å². The van der Waals surface area contributed by atoms with E-state index in [0.29, 0.717) is 12.1 Å². The van der Waals surface area contributed by atoms with E-state index in [2.05, 4.69) is 0 Å². The van der Waals surface area contributed by atoms with Crippen LogP contribution < -0.4 is 0 Å². The molecule has 0 radical (unpaired) electrons. The lowest BCUT2D eigenvalue weighted by atomic mass is 9.97. The molecule has 0 aliphatic rings. The Labute approximate surface area is 88.0 Å². The van der Waals surface area contributed by atoms with Crippen molar-refractivity contribution in [3.05, 3.63) is 59.6 Å². The fourth-order valence-corrected chi connectivity index (χ4v) is 1.62. The maximum Gasteiger partial charge on any atom is 0.0626 e. The first-order chi connectivity index (χ1) is 7.61. The lowest BCUT2D eigenvalue weighted by Gasteiger charge is -2.08. The average molecular weight is 184 g/mol. The monoisotopic (exact) mass is 184 g/mol. The summed E-state index contributed by atoms with van der Waals surface area (Å²) < 4.78 is 15.6. The minimum atomic E-state index is 0.548. The van der Waals surface area contributed by atoms with Gasteiger partial charge in [0.2, 0.25) is 0 Å². The Balaban J connectivity index is 2.68. The van der Waals surface area contributed by atoms with Crippen molar-refractivity contribution < 1.29 is 2.74 Å². The Morgan fingerprint density at radius 3 is 1.64 bits per heavy atom. The largest absolute Gasteiger partial charge is 0.0626 e. The molecule has 0 heteroatoms. The fourth-order valence-electron chi connectivity index (χ4n) is 1.62. The van der Waals surface area contributed by atoms with E-state index in [1.54, 1.807) is 12.1 Å². The molecule has 0 heterocycles. The number of hydrogen-bond acceptors (Lipinski definition) is 0. The normalized spacial score (nSPS) is 12.1. The van der Waals surface area contributed by atoms with E-state index < -0.39 is 0 Å². The standard InChI is InChI=1S/C14H14/c1-11-7-3-5-9-13(11)14-10-6-4-8-12(14)2/h3-10H,1-2H3/i7D,8D. The van der Waals surface area contributed by atoms with Crippen LogP contribution in [0.3, 0.4) is 0 Å². The van der Waals surface area contributed by atoms with E-state index >= 15 is 0 Å². The Morgan fingerprint density at radius 1 is 0.786 bits per heavy atom. The third-order valence-corrected chi connectivity index (χ3v) is 2.42. The number of benzene rings is 2. The molecule has 2 aromatic carbocycles. The quantitative estimate of drug-likeness (QED) is 0.629. The first-order valence-electron chi connectivity index (χ1n) is 5.74. The molecule has 0 nitrogen and oxygen atoms in total. The second kappa shape index (κ2) is 3.67. The molecule has 0 aromatic heterocycles. The second-order valence-corrected chi connectivity index (χ2v) is 3.42. The Hall–Kier alpha value is -1.56. The zero-order valence-corrected chi connectivity index (χ0v) is 8.46. The molecule has 0 N–H and O–H groups in total. The van der Waals surface area contributed by atoms with Gasteiger partial charge in [0, 0.05) is 0 Å². The highest BCUT2D eigenvalue weighted by molar-refractivity contribution is 5.70. The van der Waals surface area contributed by atoms with Crippen LogP contribution in [0.4, 0.5) is 0 Å². The predicted molar refractivity (Wildman–Crippen MR) is 61.4 cm³/mol. The summed E-state index contributed by atoms with van der Waals surface area (Å²) >= 11 is 0. The van der Waals surface area contributed by atoms with E-state index in [4.69, 9.17) is 2.74 Å². The first-order valence-corrected chi connectivity index (χ1v) is 4.74. The van der Waals surface area contributed by atoms with Gasteiger partial charge in [-0.3, -0.25) is 0 Å². The molecular weight excluding hydrogens is 168 g/mol. The maximum absolute atomic E-state index is 7.79. The summed E-state index contributed by atoms with van der Waals surface area (Å²) in [6.07, 6.45) is 0.